The third-order valence-electron chi connectivity index (χ3n) is 2.00. The molecule has 4 heteroatoms. The van der Waals surface area contributed by atoms with Gasteiger partial charge >= 0.3 is 0 Å². The Morgan fingerprint density at radius 1 is 1.38 bits per heavy atom. The van der Waals surface area contributed by atoms with Crippen LogP contribution in [-0.4, -0.2) is 6.54 Å². The molecule has 0 aliphatic carbocycles. The molecule has 0 amide bonds. The zero-order valence-corrected chi connectivity index (χ0v) is 7.35. The van der Waals surface area contributed by atoms with Gasteiger partial charge in [-0.05, 0) is 24.1 Å². The fourth-order valence-electron chi connectivity index (χ4n) is 1.18. The average Bonchev–Trinajstić information content (AvgIpc) is 2.10. The van der Waals surface area contributed by atoms with E-state index < -0.39 is 17.7 Å². The van der Waals surface area contributed by atoms with E-state index in [2.05, 4.69) is 0 Å². The highest BCUT2D eigenvalue weighted by molar-refractivity contribution is 5.30. The molecule has 0 heterocycles. The van der Waals surface area contributed by atoms with E-state index in [0.717, 1.165) is 6.07 Å². The van der Waals surface area contributed by atoms with E-state index in [0.29, 0.717) is 11.1 Å². The van der Waals surface area contributed by atoms with Crippen molar-refractivity contribution in [1.82, 2.24) is 0 Å². The molecule has 2 nitrogen and oxygen atoms in total. The molecule has 0 radical (unpaired) electrons. The van der Waals surface area contributed by atoms with Gasteiger partial charge < -0.3 is 11.5 Å². The van der Waals surface area contributed by atoms with Crippen molar-refractivity contribution in [2.75, 3.05) is 6.54 Å². The fraction of sp³-hybridized carbons (Fsp3) is 0.333. The van der Waals surface area contributed by atoms with Gasteiger partial charge in [0.05, 0.1) is 0 Å². The van der Waals surface area contributed by atoms with Crippen LogP contribution in [0.1, 0.15) is 17.2 Å². The summed E-state index contributed by atoms with van der Waals surface area (Å²) in [6.07, 6.45) is 0. The highest BCUT2D eigenvalue weighted by atomic mass is 19.1. The number of hydrogen-bond acceptors (Lipinski definition) is 2. The Labute approximate surface area is 75.5 Å². The molecule has 72 valence electrons. The van der Waals surface area contributed by atoms with Crippen molar-refractivity contribution >= 4 is 0 Å². The average molecular weight is 186 g/mol. The first-order chi connectivity index (χ1) is 6.06. The molecule has 4 N–H and O–H groups in total. The molecule has 0 unspecified atom stereocenters. The second kappa shape index (κ2) is 3.81. The summed E-state index contributed by atoms with van der Waals surface area (Å²) in [4.78, 5) is 0. The molecule has 1 aromatic rings. The third-order valence-corrected chi connectivity index (χ3v) is 2.00. The van der Waals surface area contributed by atoms with E-state index >= 15 is 0 Å². The number of benzene rings is 1. The van der Waals surface area contributed by atoms with Crippen LogP contribution in [-0.2, 0) is 0 Å². The minimum absolute atomic E-state index is 0.170. The zero-order valence-electron chi connectivity index (χ0n) is 7.35. The lowest BCUT2D eigenvalue weighted by Crippen LogP contribution is -2.22. The van der Waals surface area contributed by atoms with Crippen LogP contribution >= 0.6 is 0 Å². The highest BCUT2D eigenvalue weighted by Crippen LogP contribution is 2.19. The Hall–Kier alpha value is -1.00. The van der Waals surface area contributed by atoms with E-state index in [-0.39, 0.29) is 6.54 Å². The second-order valence-electron chi connectivity index (χ2n) is 2.94. The minimum Gasteiger partial charge on any atom is -0.329 e. The molecule has 0 aliphatic heterocycles. The van der Waals surface area contributed by atoms with Crippen molar-refractivity contribution in [2.45, 2.75) is 13.0 Å². The lowest BCUT2D eigenvalue weighted by molar-refractivity contribution is 0.566. The molecular weight excluding hydrogens is 174 g/mol. The molecular formula is C9H12F2N2. The first-order valence-corrected chi connectivity index (χ1v) is 3.97. The molecule has 0 aliphatic rings. The van der Waals surface area contributed by atoms with E-state index in [4.69, 9.17) is 11.5 Å². The largest absolute Gasteiger partial charge is 0.329 e. The number of rotatable bonds is 2. The predicted molar refractivity (Wildman–Crippen MR) is 47.1 cm³/mol. The van der Waals surface area contributed by atoms with Gasteiger partial charge in [0.15, 0.2) is 0 Å². The summed E-state index contributed by atoms with van der Waals surface area (Å²) in [5, 5.41) is 0. The molecule has 1 aromatic carbocycles. The quantitative estimate of drug-likeness (QED) is 0.729. The second-order valence-corrected chi connectivity index (χ2v) is 2.94. The Kier molecular flexibility index (Phi) is 2.95. The summed E-state index contributed by atoms with van der Waals surface area (Å²) in [7, 11) is 0. The summed E-state index contributed by atoms with van der Waals surface area (Å²) in [6, 6.07) is 1.54. The maximum atomic E-state index is 13.0. The Morgan fingerprint density at radius 3 is 2.54 bits per heavy atom. The Bertz CT molecular complexity index is 313. The number of hydrogen-bond donors (Lipinski definition) is 2. The summed E-state index contributed by atoms with van der Waals surface area (Å²) >= 11 is 0. The lowest BCUT2D eigenvalue weighted by Gasteiger charge is -2.12. The van der Waals surface area contributed by atoms with Gasteiger partial charge in [-0.2, -0.15) is 0 Å². The van der Waals surface area contributed by atoms with Gasteiger partial charge in [0.1, 0.15) is 11.6 Å². The normalized spacial score (nSPS) is 13.0. The van der Waals surface area contributed by atoms with E-state index in [1.807, 2.05) is 0 Å². The fourth-order valence-corrected chi connectivity index (χ4v) is 1.18. The van der Waals surface area contributed by atoms with Crippen LogP contribution in [0.3, 0.4) is 0 Å². The standard InChI is InChI=1S/C9H12F2N2/c1-5-7(9(13)4-12)2-6(10)3-8(5)11/h2-3,9H,4,12-13H2,1H3/t9-/m1/s1. The van der Waals surface area contributed by atoms with Crippen molar-refractivity contribution in [2.24, 2.45) is 11.5 Å². The van der Waals surface area contributed by atoms with Crippen LogP contribution in [0, 0.1) is 18.6 Å². The van der Waals surface area contributed by atoms with Crippen LogP contribution in [0.5, 0.6) is 0 Å². The molecule has 0 bridgehead atoms. The van der Waals surface area contributed by atoms with Crippen molar-refractivity contribution in [3.05, 3.63) is 34.9 Å². The summed E-state index contributed by atoms with van der Waals surface area (Å²) in [6.45, 7) is 1.73. The molecule has 0 saturated carbocycles. The van der Waals surface area contributed by atoms with Gasteiger partial charge in [0.25, 0.3) is 0 Å². The van der Waals surface area contributed by atoms with Gasteiger partial charge in [0, 0.05) is 18.7 Å². The van der Waals surface area contributed by atoms with Crippen molar-refractivity contribution in [3.8, 4) is 0 Å². The predicted octanol–water partition coefficient (Wildman–Crippen LogP) is 1.23. The zero-order chi connectivity index (χ0) is 10.0. The van der Waals surface area contributed by atoms with Crippen LogP contribution in [0.15, 0.2) is 12.1 Å². The van der Waals surface area contributed by atoms with Gasteiger partial charge in [0.2, 0.25) is 0 Å². The maximum Gasteiger partial charge on any atom is 0.129 e. The van der Waals surface area contributed by atoms with Crippen molar-refractivity contribution in [3.63, 3.8) is 0 Å². The van der Waals surface area contributed by atoms with Gasteiger partial charge in [-0.1, -0.05) is 0 Å². The van der Waals surface area contributed by atoms with Crippen LogP contribution in [0.25, 0.3) is 0 Å². The summed E-state index contributed by atoms with van der Waals surface area (Å²) in [5.41, 5.74) is 11.7. The third kappa shape index (κ3) is 2.02. The molecule has 1 atom stereocenters. The monoisotopic (exact) mass is 186 g/mol. The van der Waals surface area contributed by atoms with Crippen molar-refractivity contribution < 1.29 is 8.78 Å². The molecule has 0 spiro atoms. The molecule has 1 rings (SSSR count). The number of nitrogens with two attached hydrogens (primary N) is 2. The van der Waals surface area contributed by atoms with E-state index in [9.17, 15) is 8.78 Å². The first kappa shape index (κ1) is 10.1. The molecule has 0 saturated heterocycles. The van der Waals surface area contributed by atoms with E-state index in [1.54, 1.807) is 6.92 Å². The lowest BCUT2D eigenvalue weighted by atomic mass is 10.0. The van der Waals surface area contributed by atoms with Crippen molar-refractivity contribution in [1.29, 1.82) is 0 Å². The summed E-state index contributed by atoms with van der Waals surface area (Å²) < 4.78 is 25.8. The highest BCUT2D eigenvalue weighted by Gasteiger charge is 2.12. The van der Waals surface area contributed by atoms with E-state index in [1.165, 1.54) is 6.07 Å². The van der Waals surface area contributed by atoms with Crippen LogP contribution in [0.2, 0.25) is 0 Å². The maximum absolute atomic E-state index is 13.0. The van der Waals surface area contributed by atoms with Crippen LogP contribution in [0.4, 0.5) is 8.78 Å². The Balaban J connectivity index is 3.20. The first-order valence-electron chi connectivity index (χ1n) is 3.97. The number of halogens is 2. The molecule has 0 aromatic heterocycles. The summed E-state index contributed by atoms with van der Waals surface area (Å²) in [5.74, 6) is -1.21. The Morgan fingerprint density at radius 2 is 2.00 bits per heavy atom. The SMILES string of the molecule is Cc1c(F)cc(F)cc1[C@H](N)CN. The van der Waals surface area contributed by atoms with Gasteiger partial charge in [-0.15, -0.1) is 0 Å². The molecule has 0 fully saturated rings. The topological polar surface area (TPSA) is 52.0 Å². The van der Waals surface area contributed by atoms with Gasteiger partial charge in [-0.25, -0.2) is 8.78 Å². The smallest absolute Gasteiger partial charge is 0.129 e. The van der Waals surface area contributed by atoms with Crippen LogP contribution < -0.4 is 11.5 Å². The van der Waals surface area contributed by atoms with Gasteiger partial charge in [-0.3, -0.25) is 0 Å². The molecule has 13 heavy (non-hydrogen) atoms. The minimum atomic E-state index is -0.623.